The third-order valence-corrected chi connectivity index (χ3v) is 3.50. The van der Waals surface area contributed by atoms with E-state index in [4.69, 9.17) is 5.73 Å². The van der Waals surface area contributed by atoms with E-state index in [1.807, 2.05) is 19.9 Å². The minimum Gasteiger partial charge on any atom is -0.398 e. The lowest BCUT2D eigenvalue weighted by Crippen LogP contribution is -2.28. The molecule has 0 amide bonds. The molecule has 1 aromatic rings. The first kappa shape index (κ1) is 17.4. The van der Waals surface area contributed by atoms with E-state index in [-0.39, 0.29) is 5.92 Å². The van der Waals surface area contributed by atoms with Crippen LogP contribution in [-0.2, 0) is 10.1 Å². The molecule has 0 aromatic heterocycles. The number of hydrogen-bond donors (Lipinski definition) is 1. The standard InChI is InChI=1S/C13H16F3NO3S/c1-8(2)6-9(3)11-7-10(4-5-12(11)17)20-21(18,19)13(14,15)16/h4-8H,17H2,1-3H3/b9-6-. The monoisotopic (exact) mass is 323 g/mol. The first-order valence-corrected chi connectivity index (χ1v) is 7.44. The summed E-state index contributed by atoms with van der Waals surface area (Å²) in [7, 11) is -5.69. The summed E-state index contributed by atoms with van der Waals surface area (Å²) in [5.74, 6) is -0.235. The number of nitrogens with two attached hydrogens (primary N) is 1. The van der Waals surface area contributed by atoms with Gasteiger partial charge in [0.15, 0.2) is 0 Å². The Morgan fingerprint density at radius 3 is 2.38 bits per heavy atom. The Balaban J connectivity index is 3.20. The van der Waals surface area contributed by atoms with Gasteiger partial charge in [-0.2, -0.15) is 21.6 Å². The minimum absolute atomic E-state index is 0.202. The second kappa shape index (κ2) is 5.97. The molecule has 0 atom stereocenters. The molecule has 1 rings (SSSR count). The molecule has 21 heavy (non-hydrogen) atoms. The molecule has 0 saturated heterocycles. The zero-order valence-corrected chi connectivity index (χ0v) is 12.5. The molecule has 0 heterocycles. The van der Waals surface area contributed by atoms with Crippen molar-refractivity contribution in [2.45, 2.75) is 26.3 Å². The van der Waals surface area contributed by atoms with Crippen LogP contribution in [0, 0.1) is 5.92 Å². The maximum absolute atomic E-state index is 12.3. The van der Waals surface area contributed by atoms with Crippen LogP contribution in [0.1, 0.15) is 26.3 Å². The van der Waals surface area contributed by atoms with Crippen molar-refractivity contribution in [3.05, 3.63) is 29.8 Å². The SMILES string of the molecule is C/C(=C/C(C)C)c1cc(OS(=O)(=O)C(F)(F)F)ccc1N. The predicted molar refractivity (Wildman–Crippen MR) is 74.9 cm³/mol. The predicted octanol–water partition coefficient (Wildman–Crippen LogP) is 3.56. The summed E-state index contributed by atoms with van der Waals surface area (Å²) in [6.45, 7) is 5.58. The van der Waals surface area contributed by atoms with Crippen molar-refractivity contribution in [1.29, 1.82) is 0 Å². The Labute approximate surface area is 121 Å². The van der Waals surface area contributed by atoms with E-state index in [1.165, 1.54) is 12.1 Å². The van der Waals surface area contributed by atoms with Crippen molar-refractivity contribution >= 4 is 21.4 Å². The van der Waals surface area contributed by atoms with E-state index in [2.05, 4.69) is 4.18 Å². The molecule has 0 fully saturated rings. The molecule has 0 radical (unpaired) electrons. The first-order valence-electron chi connectivity index (χ1n) is 6.03. The molecule has 8 heteroatoms. The Morgan fingerprint density at radius 2 is 1.90 bits per heavy atom. The van der Waals surface area contributed by atoms with Crippen molar-refractivity contribution in [3.8, 4) is 5.75 Å². The second-order valence-electron chi connectivity index (χ2n) is 4.83. The van der Waals surface area contributed by atoms with Gasteiger partial charge in [-0.1, -0.05) is 19.9 Å². The van der Waals surface area contributed by atoms with Crippen LogP contribution in [0.4, 0.5) is 18.9 Å². The van der Waals surface area contributed by atoms with Gasteiger partial charge in [-0.15, -0.1) is 0 Å². The molecule has 4 nitrogen and oxygen atoms in total. The van der Waals surface area contributed by atoms with Crippen LogP contribution in [0.25, 0.3) is 5.57 Å². The van der Waals surface area contributed by atoms with Crippen molar-refractivity contribution in [1.82, 2.24) is 0 Å². The van der Waals surface area contributed by atoms with E-state index in [0.717, 1.165) is 11.6 Å². The van der Waals surface area contributed by atoms with Crippen molar-refractivity contribution in [2.75, 3.05) is 5.73 Å². The smallest absolute Gasteiger partial charge is 0.398 e. The van der Waals surface area contributed by atoms with Crippen molar-refractivity contribution in [2.24, 2.45) is 5.92 Å². The number of rotatable bonds is 4. The lowest BCUT2D eigenvalue weighted by Gasteiger charge is -2.12. The summed E-state index contributed by atoms with van der Waals surface area (Å²) in [5.41, 5.74) is 1.74. The quantitative estimate of drug-likeness (QED) is 0.522. The van der Waals surface area contributed by atoms with Crippen molar-refractivity contribution in [3.63, 3.8) is 0 Å². The van der Waals surface area contributed by atoms with Gasteiger partial charge in [0.2, 0.25) is 0 Å². The maximum Gasteiger partial charge on any atom is 0.534 e. The van der Waals surface area contributed by atoms with Crippen LogP contribution in [0.3, 0.4) is 0 Å². The first-order chi connectivity index (χ1) is 9.44. The lowest BCUT2D eigenvalue weighted by atomic mass is 10.0. The molecule has 1 aromatic carbocycles. The summed E-state index contributed by atoms with van der Waals surface area (Å²) in [5, 5.41) is 0. The Hall–Kier alpha value is -1.70. The third-order valence-electron chi connectivity index (χ3n) is 2.52. The molecule has 0 aliphatic carbocycles. The zero-order chi connectivity index (χ0) is 16.4. The van der Waals surface area contributed by atoms with E-state index in [9.17, 15) is 21.6 Å². The molecule has 0 aliphatic rings. The van der Waals surface area contributed by atoms with Gasteiger partial charge in [-0.25, -0.2) is 0 Å². The fourth-order valence-corrected chi connectivity index (χ4v) is 2.14. The number of benzene rings is 1. The molecular formula is C13H16F3NO3S. The average Bonchev–Trinajstić information content (AvgIpc) is 2.28. The topological polar surface area (TPSA) is 69.4 Å². The van der Waals surface area contributed by atoms with Crippen LogP contribution in [0.15, 0.2) is 24.3 Å². The van der Waals surface area contributed by atoms with Crippen LogP contribution < -0.4 is 9.92 Å². The molecule has 2 N–H and O–H groups in total. The van der Waals surface area contributed by atoms with Gasteiger partial charge in [0.05, 0.1) is 0 Å². The number of alkyl halides is 3. The van der Waals surface area contributed by atoms with Gasteiger partial charge >= 0.3 is 15.6 Å². The number of hydrogen-bond acceptors (Lipinski definition) is 4. The third kappa shape index (κ3) is 4.38. The van der Waals surface area contributed by atoms with Crippen LogP contribution in [-0.4, -0.2) is 13.9 Å². The van der Waals surface area contributed by atoms with Crippen molar-refractivity contribution < 1.29 is 25.8 Å². The summed E-state index contributed by atoms with van der Waals surface area (Å²) in [6, 6.07) is 3.55. The molecule has 0 unspecified atom stereocenters. The molecule has 0 spiro atoms. The maximum atomic E-state index is 12.3. The lowest BCUT2D eigenvalue weighted by molar-refractivity contribution is -0.0500. The molecule has 0 bridgehead atoms. The second-order valence-corrected chi connectivity index (χ2v) is 6.36. The zero-order valence-electron chi connectivity index (χ0n) is 11.7. The van der Waals surface area contributed by atoms with Gasteiger partial charge in [0, 0.05) is 11.3 Å². The fraction of sp³-hybridized carbons (Fsp3) is 0.385. The summed E-state index contributed by atoms with van der Waals surface area (Å²) >= 11 is 0. The number of nitrogen functional groups attached to an aromatic ring is 1. The number of allylic oxidation sites excluding steroid dienone is 2. The summed E-state index contributed by atoms with van der Waals surface area (Å²) in [6.07, 6.45) is 1.85. The van der Waals surface area contributed by atoms with E-state index in [0.29, 0.717) is 11.3 Å². The molecular weight excluding hydrogens is 307 g/mol. The van der Waals surface area contributed by atoms with Gasteiger partial charge in [0.1, 0.15) is 5.75 Å². The van der Waals surface area contributed by atoms with E-state index >= 15 is 0 Å². The number of halogens is 3. The van der Waals surface area contributed by atoms with Crippen LogP contribution in [0.5, 0.6) is 5.75 Å². The summed E-state index contributed by atoms with van der Waals surface area (Å²) in [4.78, 5) is 0. The minimum atomic E-state index is -5.69. The highest BCUT2D eigenvalue weighted by Crippen LogP contribution is 2.31. The Morgan fingerprint density at radius 1 is 1.33 bits per heavy atom. The van der Waals surface area contributed by atoms with Crippen LogP contribution in [0.2, 0.25) is 0 Å². The van der Waals surface area contributed by atoms with E-state index < -0.39 is 21.4 Å². The normalized spacial score (nSPS) is 13.6. The highest BCUT2D eigenvalue weighted by Gasteiger charge is 2.48. The highest BCUT2D eigenvalue weighted by molar-refractivity contribution is 7.88. The Bertz CT molecular complexity index is 649. The van der Waals surface area contributed by atoms with Gasteiger partial charge in [0.25, 0.3) is 0 Å². The van der Waals surface area contributed by atoms with Crippen LogP contribution >= 0.6 is 0 Å². The average molecular weight is 323 g/mol. The molecule has 118 valence electrons. The largest absolute Gasteiger partial charge is 0.534 e. The van der Waals surface area contributed by atoms with Gasteiger partial charge in [-0.05, 0) is 36.6 Å². The van der Waals surface area contributed by atoms with Gasteiger partial charge in [-0.3, -0.25) is 0 Å². The molecule has 0 aliphatic heterocycles. The summed E-state index contributed by atoms with van der Waals surface area (Å²) < 4.78 is 62.9. The number of anilines is 1. The fourth-order valence-electron chi connectivity index (χ4n) is 1.69. The molecule has 0 saturated carbocycles. The van der Waals surface area contributed by atoms with E-state index in [1.54, 1.807) is 6.92 Å². The highest BCUT2D eigenvalue weighted by atomic mass is 32.2. The Kier molecular flexibility index (Phi) is 4.93. The van der Waals surface area contributed by atoms with Gasteiger partial charge < -0.3 is 9.92 Å².